The first-order valence-corrected chi connectivity index (χ1v) is 6.51. The molecule has 1 aromatic carbocycles. The van der Waals surface area contributed by atoms with Crippen molar-refractivity contribution in [1.29, 1.82) is 5.26 Å². The summed E-state index contributed by atoms with van der Waals surface area (Å²) in [7, 11) is 0. The zero-order valence-corrected chi connectivity index (χ0v) is 11.9. The molecule has 2 N–H and O–H groups in total. The lowest BCUT2D eigenvalue weighted by atomic mass is 10.2. The molecule has 0 atom stereocenters. The molecule has 0 radical (unpaired) electrons. The summed E-state index contributed by atoms with van der Waals surface area (Å²) in [4.78, 5) is 15.9. The first-order valence-electron chi connectivity index (χ1n) is 6.14. The van der Waals surface area contributed by atoms with Gasteiger partial charge in [0.2, 0.25) is 0 Å². The van der Waals surface area contributed by atoms with E-state index in [1.807, 2.05) is 0 Å². The molecule has 0 spiro atoms. The molecule has 0 aliphatic rings. The third-order valence-corrected chi connectivity index (χ3v) is 2.78. The Hall–Kier alpha value is -2.91. The third kappa shape index (κ3) is 4.30. The molecular weight excluding hydrogens is 307 g/mol. The van der Waals surface area contributed by atoms with Gasteiger partial charge in [-0.1, -0.05) is 11.6 Å². The van der Waals surface area contributed by atoms with Crippen LogP contribution in [0, 0.1) is 17.1 Å². The number of halogens is 2. The molecule has 2 rings (SSSR count). The van der Waals surface area contributed by atoms with E-state index in [9.17, 15) is 9.18 Å². The van der Waals surface area contributed by atoms with Crippen LogP contribution in [0.25, 0.3) is 0 Å². The molecular formula is C15H10ClFN4O. The molecule has 1 aromatic heterocycles. The van der Waals surface area contributed by atoms with Crippen LogP contribution in [0.1, 0.15) is 0 Å². The Kier molecular flexibility index (Phi) is 5.07. The van der Waals surface area contributed by atoms with Crippen molar-refractivity contribution in [3.63, 3.8) is 0 Å². The molecule has 5 nitrogen and oxygen atoms in total. The first kappa shape index (κ1) is 15.5. The van der Waals surface area contributed by atoms with Crippen LogP contribution < -0.4 is 10.6 Å². The number of pyridine rings is 1. The van der Waals surface area contributed by atoms with Gasteiger partial charge in [-0.2, -0.15) is 5.26 Å². The summed E-state index contributed by atoms with van der Waals surface area (Å²) in [6.45, 7) is 0. The number of aromatic nitrogens is 1. The van der Waals surface area contributed by atoms with Gasteiger partial charge in [0.25, 0.3) is 5.91 Å². The van der Waals surface area contributed by atoms with Gasteiger partial charge in [0.15, 0.2) is 0 Å². The van der Waals surface area contributed by atoms with E-state index in [-0.39, 0.29) is 5.57 Å². The van der Waals surface area contributed by atoms with Crippen LogP contribution in [0.5, 0.6) is 0 Å². The first-order chi connectivity index (χ1) is 10.6. The van der Waals surface area contributed by atoms with E-state index < -0.39 is 11.7 Å². The van der Waals surface area contributed by atoms with Gasteiger partial charge in [-0.05, 0) is 36.4 Å². The van der Waals surface area contributed by atoms with Crippen molar-refractivity contribution in [2.45, 2.75) is 0 Å². The normalized spacial score (nSPS) is 10.7. The second kappa shape index (κ2) is 7.20. The Balaban J connectivity index is 2.05. The Morgan fingerprint density at radius 2 is 2.00 bits per heavy atom. The van der Waals surface area contributed by atoms with Gasteiger partial charge >= 0.3 is 0 Å². The van der Waals surface area contributed by atoms with Crippen molar-refractivity contribution in [1.82, 2.24) is 4.98 Å². The minimum atomic E-state index is -0.615. The number of nitrogens with one attached hydrogen (secondary N) is 2. The van der Waals surface area contributed by atoms with Crippen molar-refractivity contribution >= 4 is 29.0 Å². The number of amides is 1. The summed E-state index contributed by atoms with van der Waals surface area (Å²) >= 11 is 5.70. The lowest BCUT2D eigenvalue weighted by Crippen LogP contribution is -2.14. The van der Waals surface area contributed by atoms with E-state index in [1.54, 1.807) is 18.2 Å². The number of nitrogens with zero attached hydrogens (tertiary/aromatic N) is 2. The summed E-state index contributed by atoms with van der Waals surface area (Å²) in [5, 5.41) is 14.7. The van der Waals surface area contributed by atoms with Crippen molar-refractivity contribution in [2.24, 2.45) is 0 Å². The molecule has 0 fully saturated rings. The molecule has 0 aliphatic heterocycles. The predicted octanol–water partition coefficient (Wildman–Crippen LogP) is 3.33. The molecule has 1 heterocycles. The highest BCUT2D eigenvalue weighted by Crippen LogP contribution is 2.11. The topological polar surface area (TPSA) is 77.8 Å². The fourth-order valence-corrected chi connectivity index (χ4v) is 1.60. The number of hydrogen-bond donors (Lipinski definition) is 2. The van der Waals surface area contributed by atoms with Gasteiger partial charge in [-0.25, -0.2) is 9.37 Å². The van der Waals surface area contributed by atoms with Gasteiger partial charge < -0.3 is 10.6 Å². The number of carbonyl (C=O) groups is 1. The Labute approximate surface area is 131 Å². The molecule has 22 heavy (non-hydrogen) atoms. The van der Waals surface area contributed by atoms with Crippen LogP contribution in [0.15, 0.2) is 54.4 Å². The molecule has 0 saturated carbocycles. The maximum absolute atomic E-state index is 12.8. The lowest BCUT2D eigenvalue weighted by Gasteiger charge is -2.05. The van der Waals surface area contributed by atoms with E-state index in [4.69, 9.17) is 16.9 Å². The van der Waals surface area contributed by atoms with Gasteiger partial charge in [0.05, 0.1) is 5.02 Å². The second-order valence-corrected chi connectivity index (χ2v) is 4.57. The number of benzene rings is 1. The molecule has 0 aliphatic carbocycles. The third-order valence-electron chi connectivity index (χ3n) is 2.56. The fourth-order valence-electron chi connectivity index (χ4n) is 1.49. The van der Waals surface area contributed by atoms with E-state index in [0.29, 0.717) is 16.5 Å². The van der Waals surface area contributed by atoms with E-state index in [1.165, 1.54) is 36.7 Å². The van der Waals surface area contributed by atoms with Crippen molar-refractivity contribution < 1.29 is 9.18 Å². The number of hydrogen-bond acceptors (Lipinski definition) is 4. The Bertz CT molecular complexity index is 736. The fraction of sp³-hybridized carbons (Fsp3) is 0. The van der Waals surface area contributed by atoms with Gasteiger partial charge in [-0.15, -0.1) is 0 Å². The summed E-state index contributed by atoms with van der Waals surface area (Å²) < 4.78 is 12.8. The molecule has 0 saturated heterocycles. The van der Waals surface area contributed by atoms with Crippen molar-refractivity contribution in [3.8, 4) is 6.07 Å². The quantitative estimate of drug-likeness (QED) is 0.670. The van der Waals surface area contributed by atoms with Gasteiger partial charge in [0.1, 0.15) is 23.3 Å². The van der Waals surface area contributed by atoms with Crippen molar-refractivity contribution in [2.75, 3.05) is 10.6 Å². The minimum Gasteiger partial charge on any atom is -0.345 e. The number of carbonyl (C=O) groups excluding carboxylic acids is 1. The number of rotatable bonds is 4. The van der Waals surface area contributed by atoms with E-state index >= 15 is 0 Å². The lowest BCUT2D eigenvalue weighted by molar-refractivity contribution is -0.112. The molecule has 1 amide bonds. The van der Waals surface area contributed by atoms with Crippen LogP contribution in [0.4, 0.5) is 15.9 Å². The van der Waals surface area contributed by atoms with Gasteiger partial charge in [0, 0.05) is 18.1 Å². The molecule has 7 heteroatoms. The van der Waals surface area contributed by atoms with E-state index in [2.05, 4.69) is 15.6 Å². The SMILES string of the molecule is N#C/C(=C/Nc1ccc(Cl)cn1)C(=O)Nc1ccc(F)cc1. The largest absolute Gasteiger partial charge is 0.345 e. The maximum Gasteiger partial charge on any atom is 0.267 e. The highest BCUT2D eigenvalue weighted by molar-refractivity contribution is 6.30. The highest BCUT2D eigenvalue weighted by atomic mass is 35.5. The van der Waals surface area contributed by atoms with Gasteiger partial charge in [-0.3, -0.25) is 4.79 Å². The average Bonchev–Trinajstić information content (AvgIpc) is 2.52. The predicted molar refractivity (Wildman–Crippen MR) is 81.6 cm³/mol. The second-order valence-electron chi connectivity index (χ2n) is 4.14. The Morgan fingerprint density at radius 1 is 1.27 bits per heavy atom. The molecule has 0 bridgehead atoms. The zero-order chi connectivity index (χ0) is 15.9. The number of anilines is 2. The maximum atomic E-state index is 12.8. The highest BCUT2D eigenvalue weighted by Gasteiger charge is 2.09. The van der Waals surface area contributed by atoms with Crippen LogP contribution in [-0.2, 0) is 4.79 Å². The molecule has 0 unspecified atom stereocenters. The summed E-state index contributed by atoms with van der Waals surface area (Å²) in [6.07, 6.45) is 2.66. The van der Waals surface area contributed by atoms with Crippen LogP contribution in [-0.4, -0.2) is 10.9 Å². The molecule has 2 aromatic rings. The van der Waals surface area contributed by atoms with Crippen LogP contribution in [0.2, 0.25) is 5.02 Å². The smallest absolute Gasteiger partial charge is 0.267 e. The summed E-state index contributed by atoms with van der Waals surface area (Å²) in [6, 6.07) is 10.2. The van der Waals surface area contributed by atoms with Crippen molar-refractivity contribution in [3.05, 3.63) is 65.2 Å². The average molecular weight is 317 g/mol. The standard InChI is InChI=1S/C15H10ClFN4O/c16-11-1-6-14(20-9-11)19-8-10(7-18)15(22)21-13-4-2-12(17)3-5-13/h1-6,8-9H,(H,19,20)(H,21,22)/b10-8-. The van der Waals surface area contributed by atoms with Crippen LogP contribution >= 0.6 is 11.6 Å². The number of nitriles is 1. The summed E-state index contributed by atoms with van der Waals surface area (Å²) in [5.74, 6) is -0.591. The zero-order valence-electron chi connectivity index (χ0n) is 11.2. The Morgan fingerprint density at radius 3 is 2.59 bits per heavy atom. The molecule has 110 valence electrons. The minimum absolute atomic E-state index is 0.152. The monoisotopic (exact) mass is 316 g/mol. The van der Waals surface area contributed by atoms with E-state index in [0.717, 1.165) is 0 Å². The summed E-state index contributed by atoms with van der Waals surface area (Å²) in [5.41, 5.74) is 0.234. The van der Waals surface area contributed by atoms with Crippen LogP contribution in [0.3, 0.4) is 0 Å².